The molecule has 0 atom stereocenters. The second-order valence-corrected chi connectivity index (χ2v) is 8.64. The number of aryl methyl sites for hydroxylation is 1. The molecule has 1 amide bonds. The summed E-state index contributed by atoms with van der Waals surface area (Å²) in [5.41, 5.74) is 1.71. The van der Waals surface area contributed by atoms with E-state index < -0.39 is 10.0 Å². The van der Waals surface area contributed by atoms with Crippen molar-refractivity contribution >= 4 is 33.2 Å². The van der Waals surface area contributed by atoms with Gasteiger partial charge in [0.15, 0.2) is 0 Å². The van der Waals surface area contributed by atoms with Gasteiger partial charge >= 0.3 is 0 Å². The minimum absolute atomic E-state index is 0.0895. The third-order valence-corrected chi connectivity index (χ3v) is 6.35. The molecule has 0 heterocycles. The molecule has 0 aliphatic heterocycles. The average molecular weight is 393 g/mol. The molecule has 7 heteroatoms. The third kappa shape index (κ3) is 4.37. The molecule has 138 valence electrons. The minimum atomic E-state index is -3.75. The summed E-state index contributed by atoms with van der Waals surface area (Å²) < 4.78 is 27.5. The Hall–Kier alpha value is -2.05. The predicted octanol–water partition coefficient (Wildman–Crippen LogP) is 4.12. The molecule has 0 spiro atoms. The van der Waals surface area contributed by atoms with Gasteiger partial charge in [0, 0.05) is 16.6 Å². The van der Waals surface area contributed by atoms with Crippen molar-refractivity contribution in [3.63, 3.8) is 0 Å². The lowest BCUT2D eigenvalue weighted by Gasteiger charge is -2.12. The van der Waals surface area contributed by atoms with Crippen LogP contribution in [-0.4, -0.2) is 20.4 Å². The molecule has 1 saturated carbocycles. The maximum absolute atomic E-state index is 12.5. The quantitative estimate of drug-likeness (QED) is 0.803. The predicted molar refractivity (Wildman–Crippen MR) is 103 cm³/mol. The standard InChI is InChI=1S/C19H21ClN2O3S/c1-13-6-9-16(12-18(13)20)22-26(24,25)17-10-7-14(8-11-17)19(23)21-15-4-2-3-5-15/h6-12,15,22H,2-5H2,1H3,(H,21,23). The number of nitrogens with one attached hydrogen (secondary N) is 2. The number of benzene rings is 2. The van der Waals surface area contributed by atoms with E-state index in [0.29, 0.717) is 16.3 Å². The van der Waals surface area contributed by atoms with E-state index >= 15 is 0 Å². The van der Waals surface area contributed by atoms with Gasteiger partial charge in [0.1, 0.15) is 0 Å². The fourth-order valence-electron chi connectivity index (χ4n) is 2.99. The van der Waals surface area contributed by atoms with Crippen molar-refractivity contribution in [3.05, 3.63) is 58.6 Å². The lowest BCUT2D eigenvalue weighted by Crippen LogP contribution is -2.32. The zero-order chi connectivity index (χ0) is 18.7. The van der Waals surface area contributed by atoms with Crippen LogP contribution in [0.3, 0.4) is 0 Å². The Labute approximate surface area is 158 Å². The minimum Gasteiger partial charge on any atom is -0.349 e. The Morgan fingerprint density at radius 1 is 1.08 bits per heavy atom. The van der Waals surface area contributed by atoms with Crippen molar-refractivity contribution < 1.29 is 13.2 Å². The van der Waals surface area contributed by atoms with Crippen LogP contribution in [0.4, 0.5) is 5.69 Å². The van der Waals surface area contributed by atoms with Crippen LogP contribution in [0.25, 0.3) is 0 Å². The zero-order valence-electron chi connectivity index (χ0n) is 14.5. The molecule has 3 rings (SSSR count). The number of anilines is 1. The summed E-state index contributed by atoms with van der Waals surface area (Å²) in [4.78, 5) is 12.3. The van der Waals surface area contributed by atoms with Gasteiger partial charge in [-0.1, -0.05) is 30.5 Å². The van der Waals surface area contributed by atoms with Crippen LogP contribution in [-0.2, 0) is 10.0 Å². The number of hydrogen-bond acceptors (Lipinski definition) is 3. The molecule has 0 unspecified atom stereocenters. The van der Waals surface area contributed by atoms with Gasteiger partial charge in [0.2, 0.25) is 0 Å². The Balaban J connectivity index is 1.71. The van der Waals surface area contributed by atoms with E-state index in [4.69, 9.17) is 11.6 Å². The summed E-state index contributed by atoms with van der Waals surface area (Å²) >= 11 is 6.03. The first kappa shape index (κ1) is 18.7. The molecule has 2 aromatic rings. The van der Waals surface area contributed by atoms with E-state index in [1.807, 2.05) is 6.92 Å². The Bertz CT molecular complexity index is 905. The Kier molecular flexibility index (Phi) is 5.53. The van der Waals surface area contributed by atoms with Gasteiger partial charge in [-0.15, -0.1) is 0 Å². The van der Waals surface area contributed by atoms with Crippen molar-refractivity contribution in [1.82, 2.24) is 5.32 Å². The topological polar surface area (TPSA) is 75.3 Å². The zero-order valence-corrected chi connectivity index (χ0v) is 16.0. The highest BCUT2D eigenvalue weighted by atomic mass is 35.5. The van der Waals surface area contributed by atoms with Gasteiger partial charge in [-0.3, -0.25) is 9.52 Å². The highest BCUT2D eigenvalue weighted by Gasteiger charge is 2.19. The molecule has 5 nitrogen and oxygen atoms in total. The lowest BCUT2D eigenvalue weighted by molar-refractivity contribution is 0.0938. The summed E-state index contributed by atoms with van der Waals surface area (Å²) in [6.07, 6.45) is 4.27. The van der Waals surface area contributed by atoms with Crippen LogP contribution in [0.15, 0.2) is 47.4 Å². The fraction of sp³-hybridized carbons (Fsp3) is 0.316. The van der Waals surface area contributed by atoms with Crippen LogP contribution in [0, 0.1) is 6.92 Å². The molecule has 1 aliphatic rings. The van der Waals surface area contributed by atoms with Crippen molar-refractivity contribution in [2.75, 3.05) is 4.72 Å². The van der Waals surface area contributed by atoms with E-state index in [1.165, 1.54) is 24.3 Å². The van der Waals surface area contributed by atoms with Gasteiger partial charge in [0.05, 0.1) is 10.6 Å². The SMILES string of the molecule is Cc1ccc(NS(=O)(=O)c2ccc(C(=O)NC3CCCC3)cc2)cc1Cl. The van der Waals surface area contributed by atoms with E-state index in [-0.39, 0.29) is 16.8 Å². The van der Waals surface area contributed by atoms with Gasteiger partial charge in [-0.25, -0.2) is 8.42 Å². The van der Waals surface area contributed by atoms with Crippen LogP contribution in [0.5, 0.6) is 0 Å². The van der Waals surface area contributed by atoms with E-state index in [0.717, 1.165) is 31.2 Å². The molecule has 26 heavy (non-hydrogen) atoms. The number of amides is 1. The molecule has 2 N–H and O–H groups in total. The highest BCUT2D eigenvalue weighted by Crippen LogP contribution is 2.23. The number of halogens is 1. The molecular weight excluding hydrogens is 372 g/mol. The Morgan fingerprint density at radius 3 is 2.35 bits per heavy atom. The van der Waals surface area contributed by atoms with Gasteiger partial charge in [-0.05, 0) is 61.7 Å². The second-order valence-electron chi connectivity index (χ2n) is 6.55. The Morgan fingerprint density at radius 2 is 1.73 bits per heavy atom. The fourth-order valence-corrected chi connectivity index (χ4v) is 4.22. The number of sulfonamides is 1. The molecule has 0 saturated heterocycles. The summed E-state index contributed by atoms with van der Waals surface area (Å²) in [5, 5.41) is 3.48. The van der Waals surface area contributed by atoms with Crippen molar-refractivity contribution in [2.45, 2.75) is 43.5 Å². The number of hydrogen-bond donors (Lipinski definition) is 2. The smallest absolute Gasteiger partial charge is 0.261 e. The van der Waals surface area contributed by atoms with Crippen LogP contribution in [0.2, 0.25) is 5.02 Å². The van der Waals surface area contributed by atoms with E-state index in [1.54, 1.807) is 18.2 Å². The molecule has 1 aliphatic carbocycles. The first-order chi connectivity index (χ1) is 12.3. The monoisotopic (exact) mass is 392 g/mol. The van der Waals surface area contributed by atoms with Gasteiger partial charge in [0.25, 0.3) is 15.9 Å². The molecular formula is C19H21ClN2O3S. The number of rotatable bonds is 5. The number of carbonyl (C=O) groups is 1. The molecule has 1 fully saturated rings. The first-order valence-corrected chi connectivity index (χ1v) is 10.4. The third-order valence-electron chi connectivity index (χ3n) is 4.54. The van der Waals surface area contributed by atoms with Gasteiger partial charge < -0.3 is 5.32 Å². The largest absolute Gasteiger partial charge is 0.349 e. The lowest BCUT2D eigenvalue weighted by atomic mass is 10.2. The summed E-state index contributed by atoms with van der Waals surface area (Å²) in [5.74, 6) is -0.167. The number of carbonyl (C=O) groups excluding carboxylic acids is 1. The normalized spacial score (nSPS) is 15.0. The van der Waals surface area contributed by atoms with E-state index in [9.17, 15) is 13.2 Å². The second kappa shape index (κ2) is 7.68. The van der Waals surface area contributed by atoms with Gasteiger partial charge in [-0.2, -0.15) is 0 Å². The van der Waals surface area contributed by atoms with Crippen LogP contribution in [0.1, 0.15) is 41.6 Å². The van der Waals surface area contributed by atoms with Crippen LogP contribution >= 0.6 is 11.6 Å². The maximum atomic E-state index is 12.5. The average Bonchev–Trinajstić information content (AvgIpc) is 3.11. The first-order valence-electron chi connectivity index (χ1n) is 8.55. The van der Waals surface area contributed by atoms with Crippen molar-refractivity contribution in [1.29, 1.82) is 0 Å². The van der Waals surface area contributed by atoms with E-state index in [2.05, 4.69) is 10.0 Å². The molecule has 2 aromatic carbocycles. The summed E-state index contributed by atoms with van der Waals surface area (Å²) in [6, 6.07) is 11.1. The van der Waals surface area contributed by atoms with Crippen LogP contribution < -0.4 is 10.0 Å². The van der Waals surface area contributed by atoms with Crippen molar-refractivity contribution in [2.24, 2.45) is 0 Å². The van der Waals surface area contributed by atoms with Crippen molar-refractivity contribution in [3.8, 4) is 0 Å². The molecule has 0 radical (unpaired) electrons. The molecule has 0 aromatic heterocycles. The molecule has 0 bridgehead atoms. The summed E-state index contributed by atoms with van der Waals surface area (Å²) in [7, 11) is -3.75. The summed E-state index contributed by atoms with van der Waals surface area (Å²) in [6.45, 7) is 1.84. The highest BCUT2D eigenvalue weighted by molar-refractivity contribution is 7.92. The maximum Gasteiger partial charge on any atom is 0.261 e.